The molecule has 0 atom stereocenters. The Hall–Kier alpha value is -3.03. The first-order valence-electron chi connectivity index (χ1n) is 9.83. The van der Waals surface area contributed by atoms with Crippen molar-refractivity contribution in [2.24, 2.45) is 0 Å². The topological polar surface area (TPSA) is 91.1 Å². The number of rotatable bonds is 8. The molecule has 2 heterocycles. The zero-order valence-corrected chi connectivity index (χ0v) is 16.8. The molecule has 156 valence electrons. The lowest BCUT2D eigenvalue weighted by atomic mass is 10.1. The monoisotopic (exact) mass is 402 g/mol. The average Bonchev–Trinajstić information content (AvgIpc) is 3.16. The van der Waals surface area contributed by atoms with Crippen molar-refractivity contribution in [3.63, 3.8) is 0 Å². The number of nitrogens with zero attached hydrogens (tertiary/aromatic N) is 2. The Kier molecular flexibility index (Phi) is 7.10. The number of aryl methyl sites for hydroxylation is 1. The number of amides is 1. The van der Waals surface area contributed by atoms with Crippen LogP contribution >= 0.6 is 0 Å². The number of aromatic nitrogens is 1. The molecule has 1 fully saturated rings. The van der Waals surface area contributed by atoms with Gasteiger partial charge in [-0.1, -0.05) is 5.16 Å². The second-order valence-corrected chi connectivity index (χ2v) is 6.84. The SMILES string of the molecule is CCOc1cc(C(=O)OCc2cc(C)no2)ccc1OCC(=O)N1CCCCC1. The zero-order chi connectivity index (χ0) is 20.6. The number of ether oxygens (including phenoxy) is 3. The summed E-state index contributed by atoms with van der Waals surface area (Å²) in [6.45, 7) is 5.50. The molecule has 8 nitrogen and oxygen atoms in total. The molecule has 1 aromatic heterocycles. The normalized spacial score (nSPS) is 13.8. The molecule has 29 heavy (non-hydrogen) atoms. The van der Waals surface area contributed by atoms with Crippen molar-refractivity contribution in [3.05, 3.63) is 41.3 Å². The Morgan fingerprint density at radius 3 is 2.59 bits per heavy atom. The summed E-state index contributed by atoms with van der Waals surface area (Å²) in [6, 6.07) is 6.45. The lowest BCUT2D eigenvalue weighted by Gasteiger charge is -2.26. The van der Waals surface area contributed by atoms with Crippen molar-refractivity contribution in [1.82, 2.24) is 10.1 Å². The van der Waals surface area contributed by atoms with Crippen molar-refractivity contribution in [3.8, 4) is 11.5 Å². The molecule has 2 aromatic rings. The largest absolute Gasteiger partial charge is 0.490 e. The molecule has 0 bridgehead atoms. The molecule has 0 spiro atoms. The summed E-state index contributed by atoms with van der Waals surface area (Å²) in [7, 11) is 0. The van der Waals surface area contributed by atoms with Crippen LogP contribution in [0.1, 0.15) is 48.0 Å². The summed E-state index contributed by atoms with van der Waals surface area (Å²) in [5.41, 5.74) is 1.04. The van der Waals surface area contributed by atoms with Gasteiger partial charge < -0.3 is 23.6 Å². The quantitative estimate of drug-likeness (QED) is 0.627. The molecule has 0 unspecified atom stereocenters. The highest BCUT2D eigenvalue weighted by Gasteiger charge is 2.19. The smallest absolute Gasteiger partial charge is 0.338 e. The molecular formula is C21H26N2O6. The molecule has 0 aliphatic carbocycles. The minimum absolute atomic E-state index is 0.00771. The first-order valence-corrected chi connectivity index (χ1v) is 9.83. The van der Waals surface area contributed by atoms with Crippen molar-refractivity contribution < 1.29 is 28.3 Å². The molecule has 1 aliphatic heterocycles. The summed E-state index contributed by atoms with van der Waals surface area (Å²) in [5, 5.41) is 3.75. The highest BCUT2D eigenvalue weighted by atomic mass is 16.6. The van der Waals surface area contributed by atoms with E-state index in [1.165, 1.54) is 0 Å². The van der Waals surface area contributed by atoms with E-state index in [0.29, 0.717) is 29.4 Å². The molecular weight excluding hydrogens is 376 g/mol. The maximum atomic E-state index is 12.3. The van der Waals surface area contributed by atoms with Gasteiger partial charge in [0.25, 0.3) is 5.91 Å². The van der Waals surface area contributed by atoms with Gasteiger partial charge in [-0.15, -0.1) is 0 Å². The fourth-order valence-electron chi connectivity index (χ4n) is 3.10. The van der Waals surface area contributed by atoms with Crippen LogP contribution in [0.15, 0.2) is 28.8 Å². The number of hydrogen-bond donors (Lipinski definition) is 0. The molecule has 1 saturated heterocycles. The molecule has 1 aromatic carbocycles. The molecule has 0 N–H and O–H groups in total. The third-order valence-corrected chi connectivity index (χ3v) is 4.56. The lowest BCUT2D eigenvalue weighted by molar-refractivity contribution is -0.134. The standard InChI is InChI=1S/C21H26N2O6/c1-3-26-19-12-16(21(25)28-13-17-11-15(2)22-29-17)7-8-18(19)27-14-20(24)23-9-5-4-6-10-23/h7-8,11-12H,3-6,9-10,13-14H2,1-2H3. The van der Waals surface area contributed by atoms with E-state index in [1.54, 1.807) is 31.2 Å². The summed E-state index contributed by atoms with van der Waals surface area (Å²) < 4.78 is 21.5. The van der Waals surface area contributed by atoms with E-state index in [4.69, 9.17) is 18.7 Å². The van der Waals surface area contributed by atoms with E-state index in [-0.39, 0.29) is 19.1 Å². The van der Waals surface area contributed by atoms with E-state index in [0.717, 1.165) is 38.0 Å². The van der Waals surface area contributed by atoms with E-state index in [2.05, 4.69) is 5.16 Å². The summed E-state index contributed by atoms with van der Waals surface area (Å²) in [6.07, 6.45) is 3.22. The molecule has 1 amide bonds. The highest BCUT2D eigenvalue weighted by molar-refractivity contribution is 5.90. The van der Waals surface area contributed by atoms with Crippen LogP contribution in [0.5, 0.6) is 11.5 Å². The number of piperidine rings is 1. The van der Waals surface area contributed by atoms with Crippen LogP contribution < -0.4 is 9.47 Å². The average molecular weight is 402 g/mol. The molecule has 8 heteroatoms. The van der Waals surface area contributed by atoms with Gasteiger partial charge in [-0.05, 0) is 51.3 Å². The van der Waals surface area contributed by atoms with E-state index >= 15 is 0 Å². The first kappa shape index (κ1) is 20.7. The Bertz CT molecular complexity index is 841. The Balaban J connectivity index is 1.61. The van der Waals surface area contributed by atoms with Gasteiger partial charge in [0, 0.05) is 19.2 Å². The predicted octanol–water partition coefficient (Wildman–Crippen LogP) is 3.13. The van der Waals surface area contributed by atoms with Gasteiger partial charge in [0.2, 0.25) is 0 Å². The molecule has 1 aliphatic rings. The number of carbonyl (C=O) groups is 2. The Morgan fingerprint density at radius 1 is 1.10 bits per heavy atom. The van der Waals surface area contributed by atoms with Gasteiger partial charge in [-0.3, -0.25) is 4.79 Å². The van der Waals surface area contributed by atoms with Crippen molar-refractivity contribution in [1.29, 1.82) is 0 Å². The number of likely N-dealkylation sites (tertiary alicyclic amines) is 1. The van der Waals surface area contributed by atoms with Gasteiger partial charge in [0.1, 0.15) is 0 Å². The van der Waals surface area contributed by atoms with Crippen molar-refractivity contribution >= 4 is 11.9 Å². The zero-order valence-electron chi connectivity index (χ0n) is 16.8. The maximum absolute atomic E-state index is 12.3. The molecule has 3 rings (SSSR count). The fourth-order valence-corrected chi connectivity index (χ4v) is 3.10. The first-order chi connectivity index (χ1) is 14.1. The number of esters is 1. The van der Waals surface area contributed by atoms with Crippen LogP contribution in [0.4, 0.5) is 0 Å². The Morgan fingerprint density at radius 2 is 1.90 bits per heavy atom. The molecule has 0 saturated carbocycles. The number of benzene rings is 1. The molecule has 0 radical (unpaired) electrons. The predicted molar refractivity (Wildman–Crippen MR) is 104 cm³/mol. The highest BCUT2D eigenvalue weighted by Crippen LogP contribution is 2.29. The summed E-state index contributed by atoms with van der Waals surface area (Å²) in [4.78, 5) is 26.5. The second-order valence-electron chi connectivity index (χ2n) is 6.84. The lowest BCUT2D eigenvalue weighted by Crippen LogP contribution is -2.38. The summed E-state index contributed by atoms with van der Waals surface area (Å²) >= 11 is 0. The summed E-state index contributed by atoms with van der Waals surface area (Å²) in [5.74, 6) is 0.717. The van der Waals surface area contributed by atoms with E-state index in [1.807, 2.05) is 11.8 Å². The van der Waals surface area contributed by atoms with Crippen molar-refractivity contribution in [2.75, 3.05) is 26.3 Å². The van der Waals surface area contributed by atoms with Crippen molar-refractivity contribution in [2.45, 2.75) is 39.7 Å². The van der Waals surface area contributed by atoms with Crippen LogP contribution in [0.2, 0.25) is 0 Å². The van der Waals surface area contributed by atoms with Crippen LogP contribution in [-0.4, -0.2) is 48.2 Å². The van der Waals surface area contributed by atoms with Gasteiger partial charge >= 0.3 is 5.97 Å². The van der Waals surface area contributed by atoms with E-state index in [9.17, 15) is 9.59 Å². The van der Waals surface area contributed by atoms with Gasteiger partial charge in [0.15, 0.2) is 30.5 Å². The van der Waals surface area contributed by atoms with Gasteiger partial charge in [-0.2, -0.15) is 0 Å². The third-order valence-electron chi connectivity index (χ3n) is 4.56. The minimum atomic E-state index is -0.518. The van der Waals surface area contributed by atoms with Crippen LogP contribution in [-0.2, 0) is 16.1 Å². The second kappa shape index (κ2) is 9.95. The van der Waals surface area contributed by atoms with E-state index < -0.39 is 5.97 Å². The van der Waals surface area contributed by atoms with Gasteiger partial charge in [0.05, 0.1) is 17.9 Å². The number of hydrogen-bond acceptors (Lipinski definition) is 7. The minimum Gasteiger partial charge on any atom is -0.490 e. The van der Waals surface area contributed by atoms with Crippen LogP contribution in [0.3, 0.4) is 0 Å². The van der Waals surface area contributed by atoms with Crippen LogP contribution in [0, 0.1) is 6.92 Å². The van der Waals surface area contributed by atoms with Gasteiger partial charge in [-0.25, -0.2) is 4.79 Å². The van der Waals surface area contributed by atoms with Crippen LogP contribution in [0.25, 0.3) is 0 Å². The number of carbonyl (C=O) groups excluding carboxylic acids is 2. The fraction of sp³-hybridized carbons (Fsp3) is 0.476. The Labute approximate surface area is 169 Å². The third kappa shape index (κ3) is 5.73. The maximum Gasteiger partial charge on any atom is 0.338 e.